The predicted molar refractivity (Wildman–Crippen MR) is 81.0 cm³/mol. The highest BCUT2D eigenvalue weighted by atomic mass is 32.1. The number of thiophene rings is 1. The summed E-state index contributed by atoms with van der Waals surface area (Å²) in [6.07, 6.45) is 6.00. The lowest BCUT2D eigenvalue weighted by Gasteiger charge is -2.19. The Hall–Kier alpha value is -1.32. The lowest BCUT2D eigenvalue weighted by Crippen LogP contribution is -2.12. The fraction of sp³-hybridized carbons (Fsp3) is 0.375. The number of allylic oxidation sites excluding steroid dienone is 1. The molecule has 0 radical (unpaired) electrons. The summed E-state index contributed by atoms with van der Waals surface area (Å²) in [5.41, 5.74) is 1.47. The third-order valence-electron chi connectivity index (χ3n) is 3.74. The van der Waals surface area contributed by atoms with Gasteiger partial charge in [0, 0.05) is 16.7 Å². The van der Waals surface area contributed by atoms with Crippen molar-refractivity contribution in [2.45, 2.75) is 25.4 Å². The summed E-state index contributed by atoms with van der Waals surface area (Å²) in [4.78, 5) is 1.39. The molecule has 3 rings (SSSR count). The maximum Gasteiger partial charge on any atom is 0.120 e. The van der Waals surface area contributed by atoms with Crippen LogP contribution in [0, 0.1) is 0 Å². The van der Waals surface area contributed by atoms with Crippen molar-refractivity contribution in [3.63, 3.8) is 0 Å². The van der Waals surface area contributed by atoms with E-state index < -0.39 is 0 Å². The number of fused-ring (bicyclic) bond motifs is 1. The molecule has 1 heterocycles. The van der Waals surface area contributed by atoms with Crippen LogP contribution in [0.4, 0.5) is 0 Å². The molecular formula is C16H18O2S. The highest BCUT2D eigenvalue weighted by Crippen LogP contribution is 2.36. The number of hydrogen-bond donors (Lipinski definition) is 0. The zero-order valence-electron chi connectivity index (χ0n) is 11.3. The molecule has 1 aliphatic carbocycles. The van der Waals surface area contributed by atoms with Crippen LogP contribution in [0.25, 0.3) is 15.7 Å². The number of ether oxygens (including phenoxy) is 2. The molecule has 1 aromatic heterocycles. The summed E-state index contributed by atoms with van der Waals surface area (Å²) >= 11 is 1.85. The molecule has 1 aromatic carbocycles. The molecule has 0 saturated heterocycles. The minimum absolute atomic E-state index is 0.401. The first-order valence-corrected chi connectivity index (χ1v) is 7.41. The lowest BCUT2D eigenvalue weighted by atomic mass is 9.96. The van der Waals surface area contributed by atoms with E-state index in [9.17, 15) is 0 Å². The Morgan fingerprint density at radius 1 is 1.21 bits per heavy atom. The average molecular weight is 274 g/mol. The Bertz CT molecular complexity index is 612. The van der Waals surface area contributed by atoms with Crippen LogP contribution in [0.2, 0.25) is 0 Å². The molecule has 1 aliphatic rings. The predicted octanol–water partition coefficient (Wildman–Crippen LogP) is 4.49. The smallest absolute Gasteiger partial charge is 0.120 e. The molecular weight excluding hydrogens is 256 g/mol. The third kappa shape index (κ3) is 2.53. The van der Waals surface area contributed by atoms with Crippen LogP contribution in [0.15, 0.2) is 30.3 Å². The summed E-state index contributed by atoms with van der Waals surface area (Å²) < 4.78 is 12.0. The first-order chi connectivity index (χ1) is 9.30. The zero-order chi connectivity index (χ0) is 13.2. The van der Waals surface area contributed by atoms with Gasteiger partial charge in [-0.25, -0.2) is 0 Å². The van der Waals surface area contributed by atoms with Crippen LogP contribution >= 0.6 is 11.3 Å². The number of hydrogen-bond acceptors (Lipinski definition) is 3. The van der Waals surface area contributed by atoms with Gasteiger partial charge in [-0.3, -0.25) is 0 Å². The fourth-order valence-corrected chi connectivity index (χ4v) is 3.70. The molecule has 0 saturated carbocycles. The highest BCUT2D eigenvalue weighted by Gasteiger charge is 2.16. The molecule has 0 N–H and O–H groups in total. The quantitative estimate of drug-likeness (QED) is 0.821. The molecule has 0 spiro atoms. The van der Waals surface area contributed by atoms with Crippen LogP contribution in [-0.2, 0) is 4.74 Å². The SMILES string of the molecule is COc1ccc2cc(C3=CCC(OC)CC3)sc2c1. The molecule has 19 heavy (non-hydrogen) atoms. The summed E-state index contributed by atoms with van der Waals surface area (Å²) in [7, 11) is 3.51. The van der Waals surface area contributed by atoms with E-state index in [-0.39, 0.29) is 0 Å². The van der Waals surface area contributed by atoms with E-state index in [4.69, 9.17) is 9.47 Å². The van der Waals surface area contributed by atoms with Gasteiger partial charge in [0.05, 0.1) is 13.2 Å². The van der Waals surface area contributed by atoms with Gasteiger partial charge in [-0.2, -0.15) is 0 Å². The molecule has 2 nitrogen and oxygen atoms in total. The Morgan fingerprint density at radius 2 is 2.11 bits per heavy atom. The van der Waals surface area contributed by atoms with Crippen LogP contribution in [0.1, 0.15) is 24.1 Å². The number of rotatable bonds is 3. The van der Waals surface area contributed by atoms with Crippen molar-refractivity contribution < 1.29 is 9.47 Å². The molecule has 1 atom stereocenters. The van der Waals surface area contributed by atoms with Gasteiger partial charge in [-0.15, -0.1) is 11.3 Å². The second kappa shape index (κ2) is 5.35. The largest absolute Gasteiger partial charge is 0.497 e. The Kier molecular flexibility index (Phi) is 3.58. The Morgan fingerprint density at radius 3 is 2.79 bits per heavy atom. The first-order valence-electron chi connectivity index (χ1n) is 6.60. The summed E-state index contributed by atoms with van der Waals surface area (Å²) in [6.45, 7) is 0. The van der Waals surface area contributed by atoms with Crippen molar-refractivity contribution in [1.29, 1.82) is 0 Å². The van der Waals surface area contributed by atoms with Crippen molar-refractivity contribution in [3.8, 4) is 5.75 Å². The van der Waals surface area contributed by atoms with Crippen LogP contribution < -0.4 is 4.74 Å². The summed E-state index contributed by atoms with van der Waals surface area (Å²) in [6, 6.07) is 8.56. The maximum atomic E-state index is 5.41. The van der Waals surface area contributed by atoms with E-state index in [0.29, 0.717) is 6.10 Å². The van der Waals surface area contributed by atoms with E-state index in [0.717, 1.165) is 25.0 Å². The molecule has 100 valence electrons. The molecule has 0 amide bonds. The van der Waals surface area contributed by atoms with Crippen molar-refractivity contribution >= 4 is 27.0 Å². The van der Waals surface area contributed by atoms with E-state index >= 15 is 0 Å². The van der Waals surface area contributed by atoms with E-state index in [1.54, 1.807) is 14.2 Å². The van der Waals surface area contributed by atoms with E-state index in [1.807, 2.05) is 17.4 Å². The van der Waals surface area contributed by atoms with Crippen LogP contribution in [-0.4, -0.2) is 20.3 Å². The summed E-state index contributed by atoms with van der Waals surface area (Å²) in [5.74, 6) is 0.929. The van der Waals surface area contributed by atoms with Gasteiger partial charge in [-0.05, 0) is 54.5 Å². The Labute approximate surface area is 117 Å². The van der Waals surface area contributed by atoms with Gasteiger partial charge in [0.25, 0.3) is 0 Å². The molecule has 0 bridgehead atoms. The molecule has 1 unspecified atom stereocenters. The van der Waals surface area contributed by atoms with Gasteiger partial charge in [0.2, 0.25) is 0 Å². The molecule has 0 aliphatic heterocycles. The minimum Gasteiger partial charge on any atom is -0.497 e. The van der Waals surface area contributed by atoms with Gasteiger partial charge in [0.15, 0.2) is 0 Å². The van der Waals surface area contributed by atoms with Crippen molar-refractivity contribution in [1.82, 2.24) is 0 Å². The third-order valence-corrected chi connectivity index (χ3v) is 4.91. The zero-order valence-corrected chi connectivity index (χ0v) is 12.1. The van der Waals surface area contributed by atoms with Crippen molar-refractivity contribution in [3.05, 3.63) is 35.2 Å². The number of benzene rings is 1. The molecule has 3 heteroatoms. The van der Waals surface area contributed by atoms with E-state index in [2.05, 4.69) is 24.3 Å². The second-order valence-corrected chi connectivity index (χ2v) is 5.96. The first kappa shape index (κ1) is 12.7. The average Bonchev–Trinajstić information content (AvgIpc) is 2.90. The topological polar surface area (TPSA) is 18.5 Å². The highest BCUT2D eigenvalue weighted by molar-refractivity contribution is 7.20. The number of methoxy groups -OCH3 is 2. The normalized spacial score (nSPS) is 19.5. The Balaban J connectivity index is 1.91. The minimum atomic E-state index is 0.401. The maximum absolute atomic E-state index is 5.41. The molecule has 2 aromatic rings. The lowest BCUT2D eigenvalue weighted by molar-refractivity contribution is 0.0964. The second-order valence-electron chi connectivity index (χ2n) is 4.88. The van der Waals surface area contributed by atoms with Gasteiger partial charge < -0.3 is 9.47 Å². The van der Waals surface area contributed by atoms with Crippen LogP contribution in [0.3, 0.4) is 0 Å². The van der Waals surface area contributed by atoms with Crippen molar-refractivity contribution in [2.75, 3.05) is 14.2 Å². The van der Waals surface area contributed by atoms with Crippen LogP contribution in [0.5, 0.6) is 5.75 Å². The monoisotopic (exact) mass is 274 g/mol. The van der Waals surface area contributed by atoms with Crippen molar-refractivity contribution in [2.24, 2.45) is 0 Å². The van der Waals surface area contributed by atoms with Gasteiger partial charge in [-0.1, -0.05) is 6.08 Å². The van der Waals surface area contributed by atoms with E-state index in [1.165, 1.54) is 20.5 Å². The van der Waals surface area contributed by atoms with Gasteiger partial charge in [0.1, 0.15) is 5.75 Å². The summed E-state index contributed by atoms with van der Waals surface area (Å²) in [5, 5.41) is 1.30. The molecule has 0 fully saturated rings. The standard InChI is InChI=1S/C16H18O2S/c1-17-13-6-3-11(4-7-13)15-9-12-5-8-14(18-2)10-16(12)19-15/h3,5,8-10,13H,4,6-7H2,1-2H3. The fourth-order valence-electron chi connectivity index (χ4n) is 2.54. The van der Waals surface area contributed by atoms with Gasteiger partial charge >= 0.3 is 0 Å².